The monoisotopic (exact) mass is 392 g/mol. The summed E-state index contributed by atoms with van der Waals surface area (Å²) in [5.74, 6) is 0.828. The summed E-state index contributed by atoms with van der Waals surface area (Å²) < 4.78 is 0. The highest BCUT2D eigenvalue weighted by Gasteiger charge is 2.38. The molecular formula is C24H32N4O. The van der Waals surface area contributed by atoms with Crippen molar-refractivity contribution in [2.45, 2.75) is 32.7 Å². The van der Waals surface area contributed by atoms with Gasteiger partial charge in [0.05, 0.1) is 5.69 Å². The fraction of sp³-hybridized carbons (Fsp3) is 0.417. The number of aliphatic imine (C=N–C) groups is 1. The molecule has 0 aliphatic carbocycles. The second-order valence-electron chi connectivity index (χ2n) is 7.71. The van der Waals surface area contributed by atoms with Crippen molar-refractivity contribution in [1.29, 1.82) is 0 Å². The van der Waals surface area contributed by atoms with Crippen LogP contribution in [0.1, 0.15) is 25.0 Å². The number of nitrogens with zero attached hydrogens (tertiary/aromatic N) is 4. The van der Waals surface area contributed by atoms with Gasteiger partial charge in [-0.1, -0.05) is 49.4 Å². The van der Waals surface area contributed by atoms with E-state index in [4.69, 9.17) is 4.99 Å². The highest BCUT2D eigenvalue weighted by molar-refractivity contribution is 6.22. The van der Waals surface area contributed by atoms with E-state index in [0.717, 1.165) is 43.3 Å². The number of amides is 1. The highest BCUT2D eigenvalue weighted by Crippen LogP contribution is 2.26. The molecule has 2 aromatic carbocycles. The van der Waals surface area contributed by atoms with Crippen molar-refractivity contribution in [3.05, 3.63) is 65.7 Å². The van der Waals surface area contributed by atoms with Crippen molar-refractivity contribution in [3.63, 3.8) is 0 Å². The Morgan fingerprint density at radius 2 is 1.69 bits per heavy atom. The third-order valence-electron chi connectivity index (χ3n) is 5.31. The Labute approximate surface area is 174 Å². The fourth-order valence-corrected chi connectivity index (χ4v) is 3.57. The summed E-state index contributed by atoms with van der Waals surface area (Å²) in [5.41, 5.74) is 3.26. The minimum Gasteiger partial charge on any atom is -0.341 e. The molecule has 1 heterocycles. The molecule has 1 unspecified atom stereocenters. The maximum atomic E-state index is 13.5. The molecule has 1 amide bonds. The number of likely N-dealkylation sites (N-methyl/N-ethyl adjacent to an activating group) is 2. The van der Waals surface area contributed by atoms with Crippen LogP contribution in [0, 0.1) is 0 Å². The second kappa shape index (κ2) is 9.70. The van der Waals surface area contributed by atoms with Crippen LogP contribution in [0.5, 0.6) is 0 Å². The summed E-state index contributed by atoms with van der Waals surface area (Å²) in [5, 5.41) is 0. The van der Waals surface area contributed by atoms with Crippen LogP contribution >= 0.6 is 0 Å². The quantitative estimate of drug-likeness (QED) is 0.691. The Kier molecular flexibility index (Phi) is 7.04. The minimum absolute atomic E-state index is 0.0559. The van der Waals surface area contributed by atoms with E-state index in [1.54, 1.807) is 0 Å². The maximum Gasteiger partial charge on any atom is 0.259 e. The molecule has 0 spiro atoms. The summed E-state index contributed by atoms with van der Waals surface area (Å²) >= 11 is 0. The smallest absolute Gasteiger partial charge is 0.259 e. The molecule has 0 radical (unpaired) electrons. The third kappa shape index (κ3) is 5.04. The number of carbonyl (C=O) groups excluding carboxylic acids is 1. The first-order chi connectivity index (χ1) is 14.0. The summed E-state index contributed by atoms with van der Waals surface area (Å²) in [6.07, 6.45) is 1.56. The number of aryl methyl sites for hydroxylation is 1. The molecule has 5 heteroatoms. The molecule has 0 aromatic heterocycles. The van der Waals surface area contributed by atoms with Gasteiger partial charge < -0.3 is 9.80 Å². The highest BCUT2D eigenvalue weighted by atomic mass is 16.2. The molecule has 0 bridgehead atoms. The van der Waals surface area contributed by atoms with E-state index in [0.29, 0.717) is 6.42 Å². The number of benzene rings is 2. The first-order valence-corrected chi connectivity index (χ1v) is 10.5. The standard InChI is InChI=1S/C24H32N4O/c1-5-19-13-10-14-21(17-19)28-23(29)22(18-20-11-8-7-9-12-20)25-24(28)27(6-2)16-15-26(3)4/h7-14,17,22H,5-6,15-16,18H2,1-4H3. The van der Waals surface area contributed by atoms with E-state index < -0.39 is 0 Å². The Morgan fingerprint density at radius 1 is 0.966 bits per heavy atom. The molecule has 0 N–H and O–H groups in total. The van der Waals surface area contributed by atoms with Gasteiger partial charge in [0.1, 0.15) is 6.04 Å². The molecule has 1 aliphatic rings. The summed E-state index contributed by atoms with van der Waals surface area (Å²) in [4.78, 5) is 24.6. The normalized spacial score (nSPS) is 16.4. The summed E-state index contributed by atoms with van der Waals surface area (Å²) in [6, 6.07) is 18.0. The van der Waals surface area contributed by atoms with Gasteiger partial charge in [0, 0.05) is 26.1 Å². The third-order valence-corrected chi connectivity index (χ3v) is 5.31. The van der Waals surface area contributed by atoms with Crippen molar-refractivity contribution in [1.82, 2.24) is 9.80 Å². The van der Waals surface area contributed by atoms with Gasteiger partial charge in [0.2, 0.25) is 5.96 Å². The van der Waals surface area contributed by atoms with Crippen LogP contribution in [0.15, 0.2) is 59.6 Å². The number of hydrogen-bond acceptors (Lipinski definition) is 4. The van der Waals surface area contributed by atoms with Gasteiger partial charge in [0.15, 0.2) is 0 Å². The predicted molar refractivity (Wildman–Crippen MR) is 120 cm³/mol. The van der Waals surface area contributed by atoms with Gasteiger partial charge in [-0.2, -0.15) is 0 Å². The van der Waals surface area contributed by atoms with Gasteiger partial charge in [-0.25, -0.2) is 9.89 Å². The molecule has 0 saturated heterocycles. The lowest BCUT2D eigenvalue weighted by Crippen LogP contribution is -2.47. The number of carbonyl (C=O) groups is 1. The van der Waals surface area contributed by atoms with Crippen molar-refractivity contribution in [2.24, 2.45) is 4.99 Å². The van der Waals surface area contributed by atoms with Crippen molar-refractivity contribution in [2.75, 3.05) is 38.6 Å². The van der Waals surface area contributed by atoms with E-state index in [1.165, 1.54) is 5.56 Å². The lowest BCUT2D eigenvalue weighted by Gasteiger charge is -2.30. The molecule has 154 valence electrons. The van der Waals surface area contributed by atoms with E-state index in [1.807, 2.05) is 35.2 Å². The molecule has 2 aromatic rings. The molecular weight excluding hydrogens is 360 g/mol. The van der Waals surface area contributed by atoms with E-state index in [-0.39, 0.29) is 11.9 Å². The lowest BCUT2D eigenvalue weighted by atomic mass is 10.1. The SMILES string of the molecule is CCc1cccc(N2C(=O)C(Cc3ccccc3)N=C2N(CC)CCN(C)C)c1. The lowest BCUT2D eigenvalue weighted by molar-refractivity contribution is -0.118. The zero-order chi connectivity index (χ0) is 20.8. The second-order valence-corrected chi connectivity index (χ2v) is 7.71. The Morgan fingerprint density at radius 3 is 2.34 bits per heavy atom. The van der Waals surface area contributed by atoms with E-state index in [9.17, 15) is 4.79 Å². The van der Waals surface area contributed by atoms with Gasteiger partial charge in [0.25, 0.3) is 5.91 Å². The van der Waals surface area contributed by atoms with Gasteiger partial charge >= 0.3 is 0 Å². The summed E-state index contributed by atoms with van der Waals surface area (Å²) in [7, 11) is 4.13. The van der Waals surface area contributed by atoms with Crippen LogP contribution in [-0.2, 0) is 17.6 Å². The Bertz CT molecular complexity index is 847. The van der Waals surface area contributed by atoms with Crippen molar-refractivity contribution < 1.29 is 4.79 Å². The largest absolute Gasteiger partial charge is 0.341 e. The topological polar surface area (TPSA) is 39.2 Å². The zero-order valence-corrected chi connectivity index (χ0v) is 18.0. The van der Waals surface area contributed by atoms with Crippen LogP contribution in [-0.4, -0.2) is 61.4 Å². The molecule has 0 saturated carbocycles. The Balaban J connectivity index is 1.94. The average Bonchev–Trinajstić information content (AvgIpc) is 3.05. The summed E-state index contributed by atoms with van der Waals surface area (Å²) in [6.45, 7) is 6.80. The first-order valence-electron chi connectivity index (χ1n) is 10.5. The van der Waals surface area contributed by atoms with Crippen LogP contribution in [0.4, 0.5) is 5.69 Å². The molecule has 0 fully saturated rings. The number of rotatable bonds is 8. The van der Waals surface area contributed by atoms with Gasteiger partial charge in [-0.15, -0.1) is 0 Å². The van der Waals surface area contributed by atoms with Crippen LogP contribution in [0.3, 0.4) is 0 Å². The zero-order valence-electron chi connectivity index (χ0n) is 18.0. The van der Waals surface area contributed by atoms with E-state index in [2.05, 4.69) is 62.0 Å². The molecule has 5 nitrogen and oxygen atoms in total. The van der Waals surface area contributed by atoms with Gasteiger partial charge in [-0.05, 0) is 50.7 Å². The number of hydrogen-bond donors (Lipinski definition) is 0. The average molecular weight is 393 g/mol. The molecule has 1 atom stereocenters. The fourth-order valence-electron chi connectivity index (χ4n) is 3.57. The molecule has 29 heavy (non-hydrogen) atoms. The van der Waals surface area contributed by atoms with Crippen molar-refractivity contribution in [3.8, 4) is 0 Å². The predicted octanol–water partition coefficient (Wildman–Crippen LogP) is 3.45. The van der Waals surface area contributed by atoms with Crippen molar-refractivity contribution >= 4 is 17.6 Å². The number of anilines is 1. The van der Waals surface area contributed by atoms with Gasteiger partial charge in [-0.3, -0.25) is 4.79 Å². The Hall–Kier alpha value is -2.66. The van der Waals surface area contributed by atoms with Crippen LogP contribution in [0.25, 0.3) is 0 Å². The first kappa shape index (κ1) is 21.1. The maximum absolute atomic E-state index is 13.5. The molecule has 1 aliphatic heterocycles. The van der Waals surface area contributed by atoms with Crippen LogP contribution < -0.4 is 4.90 Å². The van der Waals surface area contributed by atoms with E-state index >= 15 is 0 Å². The van der Waals surface area contributed by atoms with Crippen LogP contribution in [0.2, 0.25) is 0 Å². The number of guanidine groups is 1. The molecule has 3 rings (SSSR count). The minimum atomic E-state index is -0.383.